The molecule has 6 nitrogen and oxygen atoms in total. The van der Waals surface area contributed by atoms with Gasteiger partial charge in [-0.25, -0.2) is 16.8 Å². The fourth-order valence-electron chi connectivity index (χ4n) is 3.22. The molecule has 0 saturated carbocycles. The van der Waals surface area contributed by atoms with E-state index in [1.54, 1.807) is 18.2 Å². The smallest absolute Gasteiger partial charge is 0.359 e. The summed E-state index contributed by atoms with van der Waals surface area (Å²) in [4.78, 5) is 2.18. The summed E-state index contributed by atoms with van der Waals surface area (Å²) in [5.41, 5.74) is 9.39. The van der Waals surface area contributed by atoms with Crippen molar-refractivity contribution < 1.29 is 21.6 Å². The molecule has 0 atom stereocenters. The fourth-order valence-corrected chi connectivity index (χ4v) is 6.78. The van der Waals surface area contributed by atoms with E-state index >= 15 is 0 Å². The van der Waals surface area contributed by atoms with Gasteiger partial charge in [-0.3, -0.25) is 0 Å². The van der Waals surface area contributed by atoms with Crippen LogP contribution in [0.1, 0.15) is 0 Å². The Bertz CT molecular complexity index is 1520. The van der Waals surface area contributed by atoms with Crippen LogP contribution in [0.4, 0.5) is 0 Å². The number of rotatable bonds is 2. The van der Waals surface area contributed by atoms with Gasteiger partial charge >= 0.3 is 4.38 Å². The highest BCUT2D eigenvalue weighted by Gasteiger charge is 2.44. The van der Waals surface area contributed by atoms with Gasteiger partial charge in [0, 0.05) is 5.39 Å². The first-order valence-electron chi connectivity index (χ1n) is 8.54. The summed E-state index contributed by atoms with van der Waals surface area (Å²) in [6.45, 7) is 0. The molecule has 4 rings (SSSR count). The molecular weight excluding hydrogens is 408 g/mol. The molecule has 0 N–H and O–H groups in total. The van der Waals surface area contributed by atoms with Crippen molar-refractivity contribution in [1.29, 1.82) is 0 Å². The maximum atomic E-state index is 13.3. The van der Waals surface area contributed by atoms with Crippen LogP contribution in [0.2, 0.25) is 0 Å². The van der Waals surface area contributed by atoms with Gasteiger partial charge in [0.2, 0.25) is 0 Å². The summed E-state index contributed by atoms with van der Waals surface area (Å²) in [6, 6.07) is 22.5. The van der Waals surface area contributed by atoms with Crippen LogP contribution in [-0.2, 0) is 19.7 Å². The highest BCUT2D eigenvalue weighted by Crippen LogP contribution is 2.30. The quantitative estimate of drug-likeness (QED) is 0.161. The van der Waals surface area contributed by atoms with Crippen LogP contribution in [0.25, 0.3) is 27.1 Å². The summed E-state index contributed by atoms with van der Waals surface area (Å²) in [5, 5.41) is 2.69. The maximum Gasteiger partial charge on any atom is 0.504 e. The van der Waals surface area contributed by atoms with Gasteiger partial charge < -0.3 is 5.53 Å². The van der Waals surface area contributed by atoms with Crippen molar-refractivity contribution >= 4 is 45.6 Å². The summed E-state index contributed by atoms with van der Waals surface area (Å²) in [6.07, 6.45) is 0. The molecule has 0 aromatic heterocycles. The first-order valence-corrected chi connectivity index (χ1v) is 11.5. The Hall–Kier alpha value is -3.32. The van der Waals surface area contributed by atoms with Crippen molar-refractivity contribution in [3.63, 3.8) is 0 Å². The maximum absolute atomic E-state index is 13.3. The second-order valence-corrected chi connectivity index (χ2v) is 10.3. The minimum absolute atomic E-state index is 0.243. The Labute approximate surface area is 167 Å². The van der Waals surface area contributed by atoms with Crippen molar-refractivity contribution in [1.82, 2.24) is 0 Å². The first kappa shape index (κ1) is 19.0. The molecule has 4 aromatic rings. The molecule has 0 saturated heterocycles. The molecule has 0 unspecified atom stereocenters. The standard InChI is InChI=1S/C21H14N2O4S2/c22-23-21(28(24,25)18-10-2-1-3-11-18)29(26,27)20-12-6-9-17-13-15-7-4-5-8-16(15)14-19(17)20/h1-14H. The van der Waals surface area contributed by atoms with Crippen LogP contribution in [0.15, 0.2) is 94.7 Å². The van der Waals surface area contributed by atoms with Gasteiger partial charge in [-0.2, -0.15) is 0 Å². The predicted octanol–water partition coefficient (Wildman–Crippen LogP) is 3.83. The molecule has 0 spiro atoms. The second-order valence-electron chi connectivity index (χ2n) is 6.36. The van der Waals surface area contributed by atoms with Crippen LogP contribution in [0, 0.1) is 0 Å². The zero-order chi connectivity index (χ0) is 20.6. The third kappa shape index (κ3) is 3.13. The number of hydrogen-bond acceptors (Lipinski definition) is 4. The number of benzene rings is 4. The average Bonchev–Trinajstić information content (AvgIpc) is 2.72. The van der Waals surface area contributed by atoms with Crippen molar-refractivity contribution in [3.05, 3.63) is 90.5 Å². The Kier molecular flexibility index (Phi) is 4.55. The van der Waals surface area contributed by atoms with E-state index in [4.69, 9.17) is 0 Å². The third-order valence-corrected chi connectivity index (χ3v) is 8.82. The van der Waals surface area contributed by atoms with E-state index in [0.717, 1.165) is 10.8 Å². The van der Waals surface area contributed by atoms with Gasteiger partial charge in [0.05, 0.1) is 9.79 Å². The van der Waals surface area contributed by atoms with E-state index in [-0.39, 0.29) is 9.79 Å². The SMILES string of the molecule is [N-]=[N+]=C(S(=O)(=O)c1ccccc1)S(=O)(=O)c1cccc2cc3ccccc3cc12. The molecule has 0 amide bonds. The molecule has 29 heavy (non-hydrogen) atoms. The van der Waals surface area contributed by atoms with Crippen LogP contribution in [0.5, 0.6) is 0 Å². The number of fused-ring (bicyclic) bond motifs is 2. The molecule has 0 aliphatic rings. The molecular formula is C21H14N2O4S2. The molecule has 0 bridgehead atoms. The fraction of sp³-hybridized carbons (Fsp3) is 0. The van der Waals surface area contributed by atoms with E-state index in [1.807, 2.05) is 30.3 Å². The van der Waals surface area contributed by atoms with Crippen LogP contribution < -0.4 is 0 Å². The number of sulfone groups is 2. The van der Waals surface area contributed by atoms with Crippen molar-refractivity contribution in [2.45, 2.75) is 9.79 Å². The highest BCUT2D eigenvalue weighted by atomic mass is 32.3. The van der Waals surface area contributed by atoms with E-state index in [0.29, 0.717) is 10.8 Å². The summed E-state index contributed by atoms with van der Waals surface area (Å²) >= 11 is 0. The topological polar surface area (TPSA) is 105 Å². The van der Waals surface area contributed by atoms with Crippen LogP contribution in [0.3, 0.4) is 0 Å². The van der Waals surface area contributed by atoms with E-state index in [1.165, 1.54) is 36.4 Å². The van der Waals surface area contributed by atoms with Gasteiger partial charge in [0.25, 0.3) is 19.7 Å². The lowest BCUT2D eigenvalue weighted by Crippen LogP contribution is -2.26. The minimum atomic E-state index is -4.64. The van der Waals surface area contributed by atoms with Crippen LogP contribution in [-0.4, -0.2) is 26.0 Å². The monoisotopic (exact) mass is 422 g/mol. The second kappa shape index (κ2) is 6.93. The predicted molar refractivity (Wildman–Crippen MR) is 111 cm³/mol. The average molecular weight is 422 g/mol. The third-order valence-electron chi connectivity index (χ3n) is 4.59. The first-order chi connectivity index (χ1) is 13.9. The molecule has 144 valence electrons. The van der Waals surface area contributed by atoms with E-state index in [9.17, 15) is 22.4 Å². The normalized spacial score (nSPS) is 12.0. The molecule has 0 aliphatic carbocycles. The molecule has 0 radical (unpaired) electrons. The Morgan fingerprint density at radius 2 is 1.24 bits per heavy atom. The summed E-state index contributed by atoms with van der Waals surface area (Å²) < 4.78 is 50.9. The Morgan fingerprint density at radius 3 is 1.90 bits per heavy atom. The highest BCUT2D eigenvalue weighted by molar-refractivity contribution is 8.31. The lowest BCUT2D eigenvalue weighted by molar-refractivity contribution is 0.00381. The van der Waals surface area contributed by atoms with Crippen molar-refractivity contribution in [3.8, 4) is 0 Å². The zero-order valence-electron chi connectivity index (χ0n) is 14.9. The largest absolute Gasteiger partial charge is 0.504 e. The molecule has 8 heteroatoms. The molecule has 0 heterocycles. The van der Waals surface area contributed by atoms with Gasteiger partial charge in [-0.05, 0) is 46.5 Å². The lowest BCUT2D eigenvalue weighted by Gasteiger charge is -2.08. The van der Waals surface area contributed by atoms with E-state index in [2.05, 4.69) is 4.79 Å². The van der Waals surface area contributed by atoms with Gasteiger partial charge in [-0.1, -0.05) is 54.6 Å². The van der Waals surface area contributed by atoms with Gasteiger partial charge in [-0.15, -0.1) is 4.79 Å². The summed E-state index contributed by atoms with van der Waals surface area (Å²) in [5.74, 6) is 0. The molecule has 0 fully saturated rings. The van der Waals surface area contributed by atoms with Crippen molar-refractivity contribution in [2.24, 2.45) is 0 Å². The van der Waals surface area contributed by atoms with E-state index < -0.39 is 24.1 Å². The Balaban J connectivity index is 1.99. The minimum Gasteiger partial charge on any atom is -0.359 e. The van der Waals surface area contributed by atoms with Gasteiger partial charge in [0.15, 0.2) is 0 Å². The lowest BCUT2D eigenvalue weighted by atomic mass is 10.0. The zero-order valence-corrected chi connectivity index (χ0v) is 16.6. The number of hydrogen-bond donors (Lipinski definition) is 0. The number of nitrogens with zero attached hydrogens (tertiary/aromatic N) is 2. The Morgan fingerprint density at radius 1 is 0.655 bits per heavy atom. The molecule has 0 aliphatic heterocycles. The van der Waals surface area contributed by atoms with Crippen LogP contribution >= 0.6 is 0 Å². The van der Waals surface area contributed by atoms with Gasteiger partial charge in [0.1, 0.15) is 0 Å². The molecule has 4 aromatic carbocycles. The van der Waals surface area contributed by atoms with Crippen molar-refractivity contribution in [2.75, 3.05) is 0 Å². The summed E-state index contributed by atoms with van der Waals surface area (Å²) in [7, 11) is -9.20.